The van der Waals surface area contributed by atoms with Gasteiger partial charge in [0.1, 0.15) is 0 Å². The van der Waals surface area contributed by atoms with Crippen LogP contribution >= 0.6 is 11.3 Å². The summed E-state index contributed by atoms with van der Waals surface area (Å²) in [6.45, 7) is 0.850. The Morgan fingerprint density at radius 2 is 1.77 bits per heavy atom. The molecule has 0 unspecified atom stereocenters. The quantitative estimate of drug-likeness (QED) is 0.445. The second-order valence-corrected chi connectivity index (χ2v) is 6.99. The topological polar surface area (TPSA) is 56.9 Å². The molecule has 0 saturated carbocycles. The van der Waals surface area contributed by atoms with Crippen molar-refractivity contribution in [3.8, 4) is 0 Å². The van der Waals surface area contributed by atoms with Crippen molar-refractivity contribution in [2.45, 2.75) is 6.42 Å². The predicted octanol–water partition coefficient (Wildman–Crippen LogP) is 5.14. The molecule has 0 aliphatic rings. The van der Waals surface area contributed by atoms with E-state index in [-0.39, 0.29) is 5.91 Å². The van der Waals surface area contributed by atoms with Gasteiger partial charge in [0.25, 0.3) is 5.91 Å². The highest BCUT2D eigenvalue weighted by Crippen LogP contribution is 2.19. The molecule has 2 heterocycles. The fraction of sp³-hybridized carbons (Fsp3) is 0.0952. The fourth-order valence-corrected chi connectivity index (χ4v) is 3.57. The molecule has 3 N–H and O–H groups in total. The first-order valence-corrected chi connectivity index (χ1v) is 9.41. The molecule has 2 aromatic carbocycles. The van der Waals surface area contributed by atoms with Crippen LogP contribution in [-0.4, -0.2) is 17.4 Å². The van der Waals surface area contributed by atoms with Gasteiger partial charge in [-0.3, -0.25) is 4.79 Å². The van der Waals surface area contributed by atoms with Crippen LogP contribution in [-0.2, 0) is 6.42 Å². The standard InChI is InChI=1S/C21H19N3OS/c25-21(20-6-3-13-26-20)24-17-9-7-16(8-10-17)22-12-11-15-14-23-19-5-2-1-4-18(15)19/h1-10,13-14,22-23H,11-12H2,(H,24,25). The van der Waals surface area contributed by atoms with E-state index in [0.29, 0.717) is 4.88 Å². The highest BCUT2D eigenvalue weighted by molar-refractivity contribution is 7.12. The first-order chi connectivity index (χ1) is 12.8. The number of hydrogen-bond acceptors (Lipinski definition) is 3. The van der Waals surface area contributed by atoms with Crippen molar-refractivity contribution in [2.75, 3.05) is 17.2 Å². The number of hydrogen-bond donors (Lipinski definition) is 3. The number of thiophene rings is 1. The van der Waals surface area contributed by atoms with E-state index in [1.54, 1.807) is 0 Å². The second kappa shape index (κ2) is 7.45. The predicted molar refractivity (Wildman–Crippen MR) is 109 cm³/mol. The number of para-hydroxylation sites is 1. The lowest BCUT2D eigenvalue weighted by molar-refractivity contribution is 0.103. The zero-order valence-corrected chi connectivity index (χ0v) is 15.0. The molecule has 26 heavy (non-hydrogen) atoms. The Morgan fingerprint density at radius 1 is 0.962 bits per heavy atom. The molecule has 4 nitrogen and oxygen atoms in total. The molecular formula is C21H19N3OS. The number of nitrogens with one attached hydrogen (secondary N) is 3. The van der Waals surface area contributed by atoms with Gasteiger partial charge in [0.2, 0.25) is 0 Å². The molecule has 4 aromatic rings. The van der Waals surface area contributed by atoms with E-state index < -0.39 is 0 Å². The number of aromatic nitrogens is 1. The van der Waals surface area contributed by atoms with Crippen molar-refractivity contribution in [2.24, 2.45) is 0 Å². The minimum atomic E-state index is -0.0694. The maximum atomic E-state index is 12.1. The Balaban J connectivity index is 1.32. The molecule has 0 bridgehead atoms. The Morgan fingerprint density at radius 3 is 2.58 bits per heavy atom. The van der Waals surface area contributed by atoms with E-state index in [2.05, 4.69) is 40.0 Å². The summed E-state index contributed by atoms with van der Waals surface area (Å²) in [6.07, 6.45) is 3.02. The Labute approximate surface area is 155 Å². The number of benzene rings is 2. The summed E-state index contributed by atoms with van der Waals surface area (Å²) in [5.41, 5.74) is 4.32. The van der Waals surface area contributed by atoms with Crippen molar-refractivity contribution in [3.05, 3.63) is 82.7 Å². The van der Waals surface area contributed by atoms with Gasteiger partial charge in [0.15, 0.2) is 0 Å². The van der Waals surface area contributed by atoms with Crippen LogP contribution in [0.1, 0.15) is 15.2 Å². The van der Waals surface area contributed by atoms with Gasteiger partial charge < -0.3 is 15.6 Å². The van der Waals surface area contributed by atoms with Gasteiger partial charge in [-0.25, -0.2) is 0 Å². The summed E-state index contributed by atoms with van der Waals surface area (Å²) in [4.78, 5) is 16.1. The largest absolute Gasteiger partial charge is 0.385 e. The lowest BCUT2D eigenvalue weighted by Gasteiger charge is -2.08. The number of aromatic amines is 1. The van der Waals surface area contributed by atoms with Crippen LogP contribution in [0.25, 0.3) is 10.9 Å². The van der Waals surface area contributed by atoms with E-state index in [0.717, 1.165) is 24.3 Å². The summed E-state index contributed by atoms with van der Waals surface area (Å²) in [5, 5.41) is 9.52. The van der Waals surface area contributed by atoms with Crippen LogP contribution in [0.4, 0.5) is 11.4 Å². The molecule has 4 rings (SSSR count). The van der Waals surface area contributed by atoms with Crippen LogP contribution in [0.2, 0.25) is 0 Å². The Hall–Kier alpha value is -3.05. The first kappa shape index (κ1) is 16.4. The molecule has 0 aliphatic carbocycles. The zero-order valence-electron chi connectivity index (χ0n) is 14.2. The lowest BCUT2D eigenvalue weighted by atomic mass is 10.1. The second-order valence-electron chi connectivity index (χ2n) is 6.05. The van der Waals surface area contributed by atoms with E-state index in [1.165, 1.54) is 27.8 Å². The summed E-state index contributed by atoms with van der Waals surface area (Å²) >= 11 is 1.44. The molecule has 0 fully saturated rings. The van der Waals surface area contributed by atoms with Gasteiger partial charge in [-0.15, -0.1) is 11.3 Å². The first-order valence-electron chi connectivity index (χ1n) is 8.53. The third-order valence-corrected chi connectivity index (χ3v) is 5.15. The van der Waals surface area contributed by atoms with Crippen molar-refractivity contribution in [1.82, 2.24) is 4.98 Å². The van der Waals surface area contributed by atoms with Crippen molar-refractivity contribution < 1.29 is 4.79 Å². The third kappa shape index (κ3) is 3.63. The highest BCUT2D eigenvalue weighted by Gasteiger charge is 2.06. The lowest BCUT2D eigenvalue weighted by Crippen LogP contribution is -2.10. The van der Waals surface area contributed by atoms with Gasteiger partial charge >= 0.3 is 0 Å². The molecule has 0 aliphatic heterocycles. The van der Waals surface area contributed by atoms with E-state index >= 15 is 0 Å². The molecule has 0 spiro atoms. The van der Waals surface area contributed by atoms with E-state index in [9.17, 15) is 4.79 Å². The van der Waals surface area contributed by atoms with Crippen LogP contribution in [0.3, 0.4) is 0 Å². The molecular weight excluding hydrogens is 342 g/mol. The number of rotatable bonds is 6. The Bertz CT molecular complexity index is 1000. The molecule has 0 atom stereocenters. The molecule has 5 heteroatoms. The van der Waals surface area contributed by atoms with Gasteiger partial charge in [-0.2, -0.15) is 0 Å². The summed E-state index contributed by atoms with van der Waals surface area (Å²) < 4.78 is 0. The average Bonchev–Trinajstić information content (AvgIpc) is 3.34. The summed E-state index contributed by atoms with van der Waals surface area (Å²) in [5.74, 6) is -0.0694. The van der Waals surface area contributed by atoms with Crippen LogP contribution in [0.15, 0.2) is 72.2 Å². The van der Waals surface area contributed by atoms with Gasteiger partial charge in [0, 0.05) is 35.0 Å². The van der Waals surface area contributed by atoms with Crippen molar-refractivity contribution >= 4 is 39.5 Å². The van der Waals surface area contributed by atoms with Crippen LogP contribution < -0.4 is 10.6 Å². The summed E-state index contributed by atoms with van der Waals surface area (Å²) in [7, 11) is 0. The van der Waals surface area contributed by atoms with Crippen molar-refractivity contribution in [3.63, 3.8) is 0 Å². The van der Waals surface area contributed by atoms with E-state index in [4.69, 9.17) is 0 Å². The number of H-pyrrole nitrogens is 1. The monoisotopic (exact) mass is 361 g/mol. The molecule has 0 saturated heterocycles. The highest BCUT2D eigenvalue weighted by atomic mass is 32.1. The summed E-state index contributed by atoms with van der Waals surface area (Å²) in [6, 6.07) is 19.8. The minimum Gasteiger partial charge on any atom is -0.385 e. The fourth-order valence-electron chi connectivity index (χ4n) is 2.95. The average molecular weight is 361 g/mol. The smallest absolute Gasteiger partial charge is 0.265 e. The van der Waals surface area contributed by atoms with Crippen molar-refractivity contribution in [1.29, 1.82) is 0 Å². The normalized spacial score (nSPS) is 10.8. The third-order valence-electron chi connectivity index (χ3n) is 4.29. The van der Waals surface area contributed by atoms with Crippen LogP contribution in [0.5, 0.6) is 0 Å². The van der Waals surface area contributed by atoms with Gasteiger partial charge in [0.05, 0.1) is 4.88 Å². The zero-order chi connectivity index (χ0) is 17.8. The van der Waals surface area contributed by atoms with Gasteiger partial charge in [-0.05, 0) is 53.8 Å². The molecule has 130 valence electrons. The minimum absolute atomic E-state index is 0.0694. The number of carbonyl (C=O) groups is 1. The maximum absolute atomic E-state index is 12.1. The SMILES string of the molecule is O=C(Nc1ccc(NCCc2c[nH]c3ccccc23)cc1)c1cccs1. The molecule has 0 radical (unpaired) electrons. The molecule has 2 aromatic heterocycles. The number of carbonyl (C=O) groups excluding carboxylic acids is 1. The maximum Gasteiger partial charge on any atom is 0.265 e. The number of amides is 1. The van der Waals surface area contributed by atoms with E-state index in [1.807, 2.05) is 47.8 Å². The van der Waals surface area contributed by atoms with Crippen LogP contribution in [0, 0.1) is 0 Å². The molecule has 1 amide bonds. The number of fused-ring (bicyclic) bond motifs is 1. The Kier molecular flexibility index (Phi) is 4.71. The van der Waals surface area contributed by atoms with Gasteiger partial charge in [-0.1, -0.05) is 24.3 Å². The number of anilines is 2.